The normalized spacial score (nSPS) is 10.2. The number of benzene rings is 1. The van der Waals surface area contributed by atoms with Gasteiger partial charge in [-0.15, -0.1) is 11.3 Å². The van der Waals surface area contributed by atoms with Crippen molar-refractivity contribution in [1.29, 1.82) is 0 Å². The second-order valence-corrected chi connectivity index (χ2v) is 5.16. The molecule has 0 spiro atoms. The average Bonchev–Trinajstić information content (AvgIpc) is 2.85. The van der Waals surface area contributed by atoms with E-state index in [-0.39, 0.29) is 6.42 Å². The SMILES string of the molecule is CCOc1ccccc1OCc1ncc(CC(=O)O)s1. The predicted octanol–water partition coefficient (Wildman–Crippen LogP) is 2.75. The molecule has 1 aromatic carbocycles. The van der Waals surface area contributed by atoms with E-state index in [0.717, 1.165) is 5.01 Å². The fourth-order valence-corrected chi connectivity index (χ4v) is 2.46. The Labute approximate surface area is 120 Å². The number of hydrogen-bond donors (Lipinski definition) is 1. The lowest BCUT2D eigenvalue weighted by Gasteiger charge is -2.10. The van der Waals surface area contributed by atoms with Gasteiger partial charge in [-0.25, -0.2) is 4.98 Å². The van der Waals surface area contributed by atoms with Crippen LogP contribution in [0.15, 0.2) is 30.5 Å². The van der Waals surface area contributed by atoms with Gasteiger partial charge in [-0.2, -0.15) is 0 Å². The van der Waals surface area contributed by atoms with Crippen molar-refractivity contribution < 1.29 is 19.4 Å². The molecule has 0 saturated carbocycles. The summed E-state index contributed by atoms with van der Waals surface area (Å²) in [6, 6.07) is 7.43. The van der Waals surface area contributed by atoms with Gasteiger partial charge in [0.15, 0.2) is 11.5 Å². The van der Waals surface area contributed by atoms with E-state index in [9.17, 15) is 4.79 Å². The maximum Gasteiger partial charge on any atom is 0.308 e. The minimum atomic E-state index is -0.859. The zero-order chi connectivity index (χ0) is 14.4. The lowest BCUT2D eigenvalue weighted by atomic mass is 10.3. The van der Waals surface area contributed by atoms with E-state index >= 15 is 0 Å². The van der Waals surface area contributed by atoms with Crippen LogP contribution in [0.2, 0.25) is 0 Å². The minimum Gasteiger partial charge on any atom is -0.490 e. The van der Waals surface area contributed by atoms with Gasteiger partial charge >= 0.3 is 5.97 Å². The average molecular weight is 293 g/mol. The third-order valence-corrected chi connectivity index (χ3v) is 3.40. The van der Waals surface area contributed by atoms with E-state index < -0.39 is 5.97 Å². The van der Waals surface area contributed by atoms with Crippen LogP contribution in [0.3, 0.4) is 0 Å². The Hall–Kier alpha value is -2.08. The zero-order valence-corrected chi connectivity index (χ0v) is 11.9. The van der Waals surface area contributed by atoms with Crippen LogP contribution >= 0.6 is 11.3 Å². The lowest BCUT2D eigenvalue weighted by molar-refractivity contribution is -0.136. The molecule has 0 amide bonds. The molecule has 0 saturated heterocycles. The fraction of sp³-hybridized carbons (Fsp3) is 0.286. The summed E-state index contributed by atoms with van der Waals surface area (Å²) < 4.78 is 11.1. The molecule has 0 unspecified atom stereocenters. The van der Waals surface area contributed by atoms with Gasteiger partial charge in [0.2, 0.25) is 0 Å². The van der Waals surface area contributed by atoms with E-state index in [0.29, 0.717) is 29.6 Å². The molecule has 0 atom stereocenters. The molecule has 0 fully saturated rings. The predicted molar refractivity (Wildman–Crippen MR) is 75.4 cm³/mol. The number of carboxylic acids is 1. The number of thiazole rings is 1. The molecule has 20 heavy (non-hydrogen) atoms. The summed E-state index contributed by atoms with van der Waals surface area (Å²) in [5, 5.41) is 9.45. The van der Waals surface area contributed by atoms with Gasteiger partial charge in [-0.1, -0.05) is 12.1 Å². The molecule has 2 rings (SSSR count). The van der Waals surface area contributed by atoms with Crippen molar-refractivity contribution in [3.05, 3.63) is 40.3 Å². The van der Waals surface area contributed by atoms with Crippen molar-refractivity contribution >= 4 is 17.3 Å². The Bertz CT molecular complexity index is 582. The topological polar surface area (TPSA) is 68.7 Å². The molecule has 0 aliphatic rings. The minimum absolute atomic E-state index is 0.00675. The zero-order valence-electron chi connectivity index (χ0n) is 11.0. The van der Waals surface area contributed by atoms with Crippen LogP contribution in [0.4, 0.5) is 0 Å². The largest absolute Gasteiger partial charge is 0.490 e. The first kappa shape index (κ1) is 14.3. The van der Waals surface area contributed by atoms with Crippen LogP contribution in [-0.2, 0) is 17.8 Å². The molecule has 0 bridgehead atoms. The molecule has 0 radical (unpaired) electrons. The molecule has 0 aliphatic heterocycles. The molecule has 6 heteroatoms. The van der Waals surface area contributed by atoms with E-state index in [1.807, 2.05) is 31.2 Å². The molecule has 0 aliphatic carbocycles. The number of aromatic nitrogens is 1. The molecule has 106 valence electrons. The Kier molecular flexibility index (Phi) is 4.95. The number of rotatable bonds is 7. The number of aliphatic carboxylic acids is 1. The van der Waals surface area contributed by atoms with Gasteiger partial charge in [0.1, 0.15) is 11.6 Å². The van der Waals surface area contributed by atoms with Gasteiger partial charge in [0.25, 0.3) is 0 Å². The molecule has 1 aromatic heterocycles. The van der Waals surface area contributed by atoms with E-state index in [1.54, 1.807) is 6.20 Å². The monoisotopic (exact) mass is 293 g/mol. The number of ether oxygens (including phenoxy) is 2. The van der Waals surface area contributed by atoms with Crippen LogP contribution in [0.25, 0.3) is 0 Å². The second kappa shape index (κ2) is 6.91. The summed E-state index contributed by atoms with van der Waals surface area (Å²) in [5.74, 6) is 0.490. The van der Waals surface area contributed by atoms with Crippen molar-refractivity contribution in [3.8, 4) is 11.5 Å². The first-order valence-corrected chi connectivity index (χ1v) is 7.00. The maximum atomic E-state index is 10.6. The van der Waals surface area contributed by atoms with Crippen molar-refractivity contribution in [2.24, 2.45) is 0 Å². The quantitative estimate of drug-likeness (QED) is 0.850. The molecular weight excluding hydrogens is 278 g/mol. The standard InChI is InChI=1S/C14H15NO4S/c1-2-18-11-5-3-4-6-12(11)19-9-13-15-8-10(20-13)7-14(16)17/h3-6,8H,2,7,9H2,1H3,(H,16,17). The van der Waals surface area contributed by atoms with Crippen LogP contribution in [-0.4, -0.2) is 22.7 Å². The van der Waals surface area contributed by atoms with E-state index in [2.05, 4.69) is 4.98 Å². The molecule has 1 heterocycles. The molecule has 2 aromatic rings. The highest BCUT2D eigenvalue weighted by atomic mass is 32.1. The van der Waals surface area contributed by atoms with Crippen LogP contribution < -0.4 is 9.47 Å². The second-order valence-electron chi connectivity index (χ2n) is 3.96. The summed E-state index contributed by atoms with van der Waals surface area (Å²) in [4.78, 5) is 15.5. The highest BCUT2D eigenvalue weighted by molar-refractivity contribution is 7.11. The van der Waals surface area contributed by atoms with Crippen molar-refractivity contribution in [2.45, 2.75) is 20.0 Å². The maximum absolute atomic E-state index is 10.6. The summed E-state index contributed by atoms with van der Waals surface area (Å²) >= 11 is 1.34. The summed E-state index contributed by atoms with van der Waals surface area (Å²) in [7, 11) is 0. The third-order valence-electron chi connectivity index (χ3n) is 2.43. The van der Waals surface area contributed by atoms with E-state index in [4.69, 9.17) is 14.6 Å². The Morgan fingerprint density at radius 2 is 2.00 bits per heavy atom. The van der Waals surface area contributed by atoms with Crippen LogP contribution in [0.5, 0.6) is 11.5 Å². The summed E-state index contributed by atoms with van der Waals surface area (Å²) in [6.45, 7) is 2.78. The Balaban J connectivity index is 1.98. The first-order valence-electron chi connectivity index (χ1n) is 6.19. The van der Waals surface area contributed by atoms with Gasteiger partial charge < -0.3 is 14.6 Å². The Morgan fingerprint density at radius 1 is 1.30 bits per heavy atom. The number of hydrogen-bond acceptors (Lipinski definition) is 5. The number of carboxylic acid groups (broad SMARTS) is 1. The van der Waals surface area contributed by atoms with Crippen LogP contribution in [0, 0.1) is 0 Å². The smallest absolute Gasteiger partial charge is 0.308 e. The number of carbonyl (C=O) groups is 1. The number of para-hydroxylation sites is 2. The van der Waals surface area contributed by atoms with Gasteiger partial charge in [-0.3, -0.25) is 4.79 Å². The summed E-state index contributed by atoms with van der Waals surface area (Å²) in [5.41, 5.74) is 0. The summed E-state index contributed by atoms with van der Waals surface area (Å²) in [6.07, 6.45) is 1.57. The van der Waals surface area contributed by atoms with Gasteiger partial charge in [0.05, 0.1) is 13.0 Å². The number of nitrogens with zero attached hydrogens (tertiary/aromatic N) is 1. The van der Waals surface area contributed by atoms with Crippen molar-refractivity contribution in [1.82, 2.24) is 4.98 Å². The Morgan fingerprint density at radius 3 is 2.65 bits per heavy atom. The van der Waals surface area contributed by atoms with Crippen molar-refractivity contribution in [3.63, 3.8) is 0 Å². The van der Waals surface area contributed by atoms with E-state index in [1.165, 1.54) is 11.3 Å². The van der Waals surface area contributed by atoms with Gasteiger partial charge in [-0.05, 0) is 19.1 Å². The molecular formula is C14H15NO4S. The fourth-order valence-electron chi connectivity index (χ4n) is 1.63. The first-order chi connectivity index (χ1) is 9.69. The van der Waals surface area contributed by atoms with Gasteiger partial charge in [0, 0.05) is 11.1 Å². The molecule has 1 N–H and O–H groups in total. The highest BCUT2D eigenvalue weighted by Crippen LogP contribution is 2.27. The lowest BCUT2D eigenvalue weighted by Crippen LogP contribution is -1.99. The molecule has 5 nitrogen and oxygen atoms in total. The van der Waals surface area contributed by atoms with Crippen molar-refractivity contribution in [2.75, 3.05) is 6.61 Å². The third kappa shape index (κ3) is 3.96. The highest BCUT2D eigenvalue weighted by Gasteiger charge is 2.08. The van der Waals surface area contributed by atoms with Crippen LogP contribution in [0.1, 0.15) is 16.8 Å².